The normalized spacial score (nSPS) is 10.9. The minimum absolute atomic E-state index is 0.105. The number of hydrogen-bond donors (Lipinski definition) is 0. The number of halogens is 2. The Bertz CT molecular complexity index is 860. The molecular formula is C17H12F2O2S. The first kappa shape index (κ1) is 14.7. The smallest absolute Gasteiger partial charge is 0.338 e. The Morgan fingerprint density at radius 1 is 1.14 bits per heavy atom. The number of esters is 1. The molecule has 0 radical (unpaired) electrons. The van der Waals surface area contributed by atoms with E-state index in [0.29, 0.717) is 4.88 Å². The number of rotatable bonds is 2. The first-order valence-electron chi connectivity index (χ1n) is 6.58. The van der Waals surface area contributed by atoms with Gasteiger partial charge in [0.1, 0.15) is 11.6 Å². The van der Waals surface area contributed by atoms with Crippen LogP contribution in [0.5, 0.6) is 0 Å². The van der Waals surface area contributed by atoms with Crippen molar-refractivity contribution in [1.82, 2.24) is 0 Å². The Morgan fingerprint density at radius 3 is 2.36 bits per heavy atom. The van der Waals surface area contributed by atoms with Gasteiger partial charge in [-0.2, -0.15) is 0 Å². The first-order valence-corrected chi connectivity index (χ1v) is 7.40. The molecule has 0 aliphatic carbocycles. The highest BCUT2D eigenvalue weighted by atomic mass is 32.1. The summed E-state index contributed by atoms with van der Waals surface area (Å²) in [5.41, 5.74) is 0.579. The lowest BCUT2D eigenvalue weighted by Gasteiger charge is -2.07. The summed E-state index contributed by atoms with van der Waals surface area (Å²) in [5.74, 6) is -2.30. The van der Waals surface area contributed by atoms with Gasteiger partial charge < -0.3 is 4.74 Å². The van der Waals surface area contributed by atoms with Gasteiger partial charge in [0.05, 0.1) is 18.2 Å². The molecular weight excluding hydrogens is 306 g/mol. The van der Waals surface area contributed by atoms with Crippen molar-refractivity contribution in [2.45, 2.75) is 6.92 Å². The summed E-state index contributed by atoms with van der Waals surface area (Å²) < 4.78 is 34.2. The fourth-order valence-corrected chi connectivity index (χ4v) is 3.70. The maximum absolute atomic E-state index is 14.4. The highest BCUT2D eigenvalue weighted by Gasteiger charge is 2.20. The molecule has 1 heterocycles. The van der Waals surface area contributed by atoms with E-state index < -0.39 is 17.6 Å². The van der Waals surface area contributed by atoms with Crippen LogP contribution in [0.1, 0.15) is 15.9 Å². The largest absolute Gasteiger partial charge is 0.465 e. The number of ether oxygens (including phenoxy) is 1. The molecule has 22 heavy (non-hydrogen) atoms. The van der Waals surface area contributed by atoms with Gasteiger partial charge in [-0.05, 0) is 36.1 Å². The fourth-order valence-electron chi connectivity index (χ4n) is 2.44. The SMILES string of the molecule is COC(=O)c1cc(F)c(-c2sc3ccccc3c2C)c(F)c1. The first-order chi connectivity index (χ1) is 10.5. The van der Waals surface area contributed by atoms with Crippen LogP contribution in [0.3, 0.4) is 0 Å². The topological polar surface area (TPSA) is 26.3 Å². The third kappa shape index (κ3) is 2.27. The minimum Gasteiger partial charge on any atom is -0.465 e. The Balaban J connectivity index is 2.23. The number of carbonyl (C=O) groups is 1. The van der Waals surface area contributed by atoms with Crippen LogP contribution in [-0.4, -0.2) is 13.1 Å². The minimum atomic E-state index is -0.768. The molecule has 1 aromatic heterocycles. The molecule has 0 aliphatic rings. The molecule has 3 rings (SSSR count). The molecule has 0 spiro atoms. The second-order valence-electron chi connectivity index (χ2n) is 4.86. The van der Waals surface area contributed by atoms with E-state index in [0.717, 1.165) is 27.8 Å². The van der Waals surface area contributed by atoms with E-state index in [4.69, 9.17) is 0 Å². The molecule has 0 unspecified atom stereocenters. The highest BCUT2D eigenvalue weighted by Crippen LogP contribution is 2.40. The van der Waals surface area contributed by atoms with Crippen LogP contribution in [0.15, 0.2) is 36.4 Å². The van der Waals surface area contributed by atoms with Crippen molar-refractivity contribution in [2.24, 2.45) is 0 Å². The molecule has 0 amide bonds. The summed E-state index contributed by atoms with van der Waals surface area (Å²) >= 11 is 1.33. The molecule has 0 aliphatic heterocycles. The van der Waals surface area contributed by atoms with Gasteiger partial charge >= 0.3 is 5.97 Å². The van der Waals surface area contributed by atoms with Gasteiger partial charge in [-0.3, -0.25) is 0 Å². The summed E-state index contributed by atoms with van der Waals surface area (Å²) in [7, 11) is 1.17. The Kier molecular flexibility index (Phi) is 3.66. The molecule has 2 aromatic carbocycles. The quantitative estimate of drug-likeness (QED) is 0.626. The van der Waals surface area contributed by atoms with E-state index in [1.807, 2.05) is 31.2 Å². The van der Waals surface area contributed by atoms with Gasteiger partial charge in [0.25, 0.3) is 0 Å². The molecule has 3 aromatic rings. The lowest BCUT2D eigenvalue weighted by molar-refractivity contribution is 0.0599. The van der Waals surface area contributed by atoms with Crippen molar-refractivity contribution in [3.63, 3.8) is 0 Å². The van der Waals surface area contributed by atoms with Crippen molar-refractivity contribution < 1.29 is 18.3 Å². The van der Waals surface area contributed by atoms with Gasteiger partial charge in [0, 0.05) is 9.58 Å². The van der Waals surface area contributed by atoms with Crippen molar-refractivity contribution >= 4 is 27.4 Å². The summed E-state index contributed by atoms with van der Waals surface area (Å²) in [6, 6.07) is 9.62. The third-order valence-corrected chi connectivity index (χ3v) is 4.82. The van der Waals surface area contributed by atoms with Crippen LogP contribution in [-0.2, 0) is 4.74 Å². The number of fused-ring (bicyclic) bond motifs is 1. The maximum Gasteiger partial charge on any atom is 0.338 e. The zero-order valence-electron chi connectivity index (χ0n) is 11.9. The van der Waals surface area contributed by atoms with Crippen LogP contribution >= 0.6 is 11.3 Å². The second-order valence-corrected chi connectivity index (χ2v) is 5.91. The highest BCUT2D eigenvalue weighted by molar-refractivity contribution is 7.22. The van der Waals surface area contributed by atoms with E-state index in [2.05, 4.69) is 4.74 Å². The number of methoxy groups -OCH3 is 1. The van der Waals surface area contributed by atoms with E-state index in [9.17, 15) is 13.6 Å². The number of benzene rings is 2. The predicted octanol–water partition coefficient (Wildman–Crippen LogP) is 4.94. The molecule has 0 atom stereocenters. The summed E-state index contributed by atoms with van der Waals surface area (Å²) in [5, 5.41) is 0.971. The van der Waals surface area contributed by atoms with E-state index in [1.54, 1.807) is 0 Å². The van der Waals surface area contributed by atoms with Gasteiger partial charge in [-0.1, -0.05) is 18.2 Å². The Labute approximate surface area is 130 Å². The van der Waals surface area contributed by atoms with Gasteiger partial charge in [-0.25, -0.2) is 13.6 Å². The lowest BCUT2D eigenvalue weighted by Crippen LogP contribution is -2.04. The summed E-state index contributed by atoms with van der Waals surface area (Å²) in [6.07, 6.45) is 0. The molecule has 2 nitrogen and oxygen atoms in total. The Hall–Kier alpha value is -2.27. The van der Waals surface area contributed by atoms with Crippen LogP contribution < -0.4 is 0 Å². The fraction of sp³-hybridized carbons (Fsp3) is 0.118. The average molecular weight is 318 g/mol. The standard InChI is InChI=1S/C17H12F2O2S/c1-9-11-5-3-4-6-14(11)22-16(9)15-12(18)7-10(8-13(15)19)17(20)21-2/h3-8H,1-2H3. The zero-order chi connectivity index (χ0) is 15.9. The molecule has 112 valence electrons. The van der Waals surface area contributed by atoms with Crippen LogP contribution in [0.2, 0.25) is 0 Å². The van der Waals surface area contributed by atoms with Crippen LogP contribution in [0, 0.1) is 18.6 Å². The third-order valence-electron chi connectivity index (χ3n) is 3.53. The van der Waals surface area contributed by atoms with E-state index in [-0.39, 0.29) is 11.1 Å². The van der Waals surface area contributed by atoms with E-state index >= 15 is 0 Å². The van der Waals surface area contributed by atoms with Gasteiger partial charge in [0.15, 0.2) is 0 Å². The Morgan fingerprint density at radius 2 is 1.77 bits per heavy atom. The van der Waals surface area contributed by atoms with Gasteiger partial charge in [0.2, 0.25) is 0 Å². The van der Waals surface area contributed by atoms with Crippen molar-refractivity contribution in [3.8, 4) is 10.4 Å². The van der Waals surface area contributed by atoms with E-state index in [1.165, 1.54) is 18.4 Å². The summed E-state index contributed by atoms with van der Waals surface area (Å²) in [4.78, 5) is 12.0. The lowest BCUT2D eigenvalue weighted by atomic mass is 10.0. The average Bonchev–Trinajstić information content (AvgIpc) is 2.83. The number of carbonyl (C=O) groups excluding carboxylic acids is 1. The van der Waals surface area contributed by atoms with Crippen molar-refractivity contribution in [2.75, 3.05) is 7.11 Å². The monoisotopic (exact) mass is 318 g/mol. The van der Waals surface area contributed by atoms with Gasteiger partial charge in [-0.15, -0.1) is 11.3 Å². The maximum atomic E-state index is 14.4. The predicted molar refractivity (Wildman–Crippen MR) is 83.3 cm³/mol. The number of aryl methyl sites for hydroxylation is 1. The molecule has 0 bridgehead atoms. The number of thiophene rings is 1. The zero-order valence-corrected chi connectivity index (χ0v) is 12.8. The molecule has 0 fully saturated rings. The molecule has 0 saturated heterocycles. The van der Waals surface area contributed by atoms with Crippen molar-refractivity contribution in [1.29, 1.82) is 0 Å². The van der Waals surface area contributed by atoms with Crippen LogP contribution in [0.4, 0.5) is 8.78 Å². The van der Waals surface area contributed by atoms with Crippen LogP contribution in [0.25, 0.3) is 20.5 Å². The molecule has 5 heteroatoms. The molecule has 0 N–H and O–H groups in total. The van der Waals surface area contributed by atoms with Crippen molar-refractivity contribution in [3.05, 3.63) is 59.2 Å². The molecule has 0 saturated carbocycles. The summed E-state index contributed by atoms with van der Waals surface area (Å²) in [6.45, 7) is 1.83. The second kappa shape index (κ2) is 5.50. The number of hydrogen-bond acceptors (Lipinski definition) is 3.